The van der Waals surface area contributed by atoms with Gasteiger partial charge in [-0.15, -0.1) is 0 Å². The minimum absolute atomic E-state index is 0.0292. The summed E-state index contributed by atoms with van der Waals surface area (Å²) >= 11 is 0. The second-order valence-electron chi connectivity index (χ2n) is 6.14. The first-order chi connectivity index (χ1) is 14.9. The Bertz CT molecular complexity index is 1030. The zero-order valence-electron chi connectivity index (χ0n) is 16.8. The number of methoxy groups -OCH3 is 1. The van der Waals surface area contributed by atoms with Gasteiger partial charge in [0.2, 0.25) is 5.78 Å². The van der Waals surface area contributed by atoms with Crippen LogP contribution in [0.25, 0.3) is 5.70 Å². The lowest BCUT2D eigenvalue weighted by Crippen LogP contribution is -2.16. The van der Waals surface area contributed by atoms with Crippen LogP contribution in [0.5, 0.6) is 5.75 Å². The van der Waals surface area contributed by atoms with Crippen molar-refractivity contribution in [3.63, 3.8) is 0 Å². The topological polar surface area (TPSA) is 162 Å². The van der Waals surface area contributed by atoms with E-state index < -0.39 is 17.3 Å². The maximum atomic E-state index is 14.3. The molecule has 162 valence electrons. The van der Waals surface area contributed by atoms with Crippen LogP contribution in [-0.4, -0.2) is 44.5 Å². The van der Waals surface area contributed by atoms with Crippen LogP contribution >= 0.6 is 0 Å². The Balaban J connectivity index is 2.16. The molecule has 0 radical (unpaired) electrons. The number of hydrogen-bond acceptors (Lipinski definition) is 7. The number of anilines is 1. The van der Waals surface area contributed by atoms with E-state index in [1.165, 1.54) is 19.5 Å². The van der Waals surface area contributed by atoms with Crippen molar-refractivity contribution < 1.29 is 18.7 Å². The van der Waals surface area contributed by atoms with E-state index in [4.69, 9.17) is 32.1 Å². The third-order valence-corrected chi connectivity index (χ3v) is 4.01. The van der Waals surface area contributed by atoms with Crippen LogP contribution in [0.4, 0.5) is 15.8 Å². The van der Waals surface area contributed by atoms with Crippen molar-refractivity contribution in [2.24, 2.45) is 21.5 Å². The molecule has 0 amide bonds. The van der Waals surface area contributed by atoms with Crippen LogP contribution in [0.1, 0.15) is 11.1 Å². The molecule has 0 atom stereocenters. The Morgan fingerprint density at radius 3 is 2.58 bits per heavy atom. The van der Waals surface area contributed by atoms with E-state index in [1.807, 2.05) is 0 Å². The number of benzene rings is 2. The summed E-state index contributed by atoms with van der Waals surface area (Å²) in [6.45, 7) is 0.403. The summed E-state index contributed by atoms with van der Waals surface area (Å²) in [5, 5.41) is 8.10. The van der Waals surface area contributed by atoms with Gasteiger partial charge in [-0.1, -0.05) is 12.1 Å². The predicted molar refractivity (Wildman–Crippen MR) is 119 cm³/mol. The molecule has 0 aromatic heterocycles. The molecular formula is C21H23FN6O3. The number of carbonyl (C=O) groups is 1. The van der Waals surface area contributed by atoms with Crippen LogP contribution < -0.4 is 21.9 Å². The van der Waals surface area contributed by atoms with Gasteiger partial charge in [-0.3, -0.25) is 10.2 Å². The summed E-state index contributed by atoms with van der Waals surface area (Å²) in [6.07, 6.45) is 3.48. The first-order valence-corrected chi connectivity index (χ1v) is 9.05. The SMILES string of the molecule is COCCOc1cc(N)c(C(=N)C(=O)C=C(N)c2ccc(N=CN=CN)cc2)cc1F. The van der Waals surface area contributed by atoms with Crippen molar-refractivity contribution in [2.75, 3.05) is 26.1 Å². The Morgan fingerprint density at radius 2 is 1.94 bits per heavy atom. The van der Waals surface area contributed by atoms with E-state index >= 15 is 0 Å². The zero-order valence-corrected chi connectivity index (χ0v) is 16.8. The normalized spacial score (nSPS) is 11.9. The van der Waals surface area contributed by atoms with Crippen LogP contribution in [0, 0.1) is 11.2 Å². The minimum Gasteiger partial charge on any atom is -0.488 e. The number of nitrogen functional groups attached to an aromatic ring is 1. The van der Waals surface area contributed by atoms with Gasteiger partial charge < -0.3 is 26.7 Å². The summed E-state index contributed by atoms with van der Waals surface area (Å²) in [5.41, 5.74) is 17.7. The highest BCUT2D eigenvalue weighted by Gasteiger charge is 2.17. The van der Waals surface area contributed by atoms with Crippen molar-refractivity contribution in [1.82, 2.24) is 0 Å². The average Bonchev–Trinajstić information content (AvgIpc) is 2.76. The minimum atomic E-state index is -0.745. The number of ether oxygens (including phenoxy) is 2. The lowest BCUT2D eigenvalue weighted by atomic mass is 10.0. The highest BCUT2D eigenvalue weighted by Crippen LogP contribution is 2.25. The Morgan fingerprint density at radius 1 is 1.23 bits per heavy atom. The number of carbonyl (C=O) groups excluding carboxylic acids is 1. The highest BCUT2D eigenvalue weighted by atomic mass is 19.1. The summed E-state index contributed by atoms with van der Waals surface area (Å²) in [5.74, 6) is -1.56. The molecule has 0 aliphatic rings. The molecule has 0 aliphatic heterocycles. The van der Waals surface area contributed by atoms with Gasteiger partial charge in [0.25, 0.3) is 0 Å². The average molecular weight is 426 g/mol. The lowest BCUT2D eigenvalue weighted by Gasteiger charge is -2.11. The van der Waals surface area contributed by atoms with Gasteiger partial charge in [0, 0.05) is 36.2 Å². The monoisotopic (exact) mass is 426 g/mol. The van der Waals surface area contributed by atoms with Crippen LogP contribution in [-0.2, 0) is 9.53 Å². The maximum absolute atomic E-state index is 14.3. The highest BCUT2D eigenvalue weighted by molar-refractivity contribution is 6.50. The molecule has 0 fully saturated rings. The molecule has 2 rings (SSSR count). The Labute approximate surface area is 178 Å². The molecule has 0 unspecified atom stereocenters. The number of nitrogens with two attached hydrogens (primary N) is 3. The molecule has 2 aromatic carbocycles. The van der Waals surface area contributed by atoms with Crippen molar-refractivity contribution in [3.05, 3.63) is 59.4 Å². The molecular weight excluding hydrogens is 403 g/mol. The van der Waals surface area contributed by atoms with E-state index in [-0.39, 0.29) is 35.9 Å². The van der Waals surface area contributed by atoms with Gasteiger partial charge in [0.05, 0.1) is 18.6 Å². The largest absolute Gasteiger partial charge is 0.488 e. The van der Waals surface area contributed by atoms with Crippen molar-refractivity contribution in [1.29, 1.82) is 5.41 Å². The van der Waals surface area contributed by atoms with Gasteiger partial charge >= 0.3 is 0 Å². The number of rotatable bonds is 10. The van der Waals surface area contributed by atoms with Crippen LogP contribution in [0.3, 0.4) is 0 Å². The van der Waals surface area contributed by atoms with Crippen LogP contribution in [0.15, 0.2) is 52.5 Å². The molecule has 0 saturated heterocycles. The lowest BCUT2D eigenvalue weighted by molar-refractivity contribution is -0.108. The molecule has 0 heterocycles. The van der Waals surface area contributed by atoms with Gasteiger partial charge in [0.15, 0.2) is 11.6 Å². The fraction of sp³-hybridized carbons (Fsp3) is 0.143. The van der Waals surface area contributed by atoms with E-state index in [1.54, 1.807) is 24.3 Å². The smallest absolute Gasteiger partial charge is 0.206 e. The first-order valence-electron chi connectivity index (χ1n) is 9.05. The molecule has 31 heavy (non-hydrogen) atoms. The Hall–Kier alpha value is -4.05. The summed E-state index contributed by atoms with van der Waals surface area (Å²) in [4.78, 5) is 20.2. The number of nitrogens with one attached hydrogen (secondary N) is 1. The standard InChI is InChI=1S/C21H23FN6O3/c1-30-6-7-31-20-10-18(25)15(8-16(20)22)21(26)19(29)9-17(24)13-2-4-14(5-3-13)28-12-27-11-23/h2-5,8-12,26H,6-7,24-25H2,1H3,(H2,23,27,28). The zero-order chi connectivity index (χ0) is 22.8. The molecule has 0 saturated carbocycles. The number of halogens is 1. The molecule has 9 nitrogen and oxygen atoms in total. The van der Waals surface area contributed by atoms with E-state index in [9.17, 15) is 9.18 Å². The van der Waals surface area contributed by atoms with Crippen LogP contribution in [0.2, 0.25) is 0 Å². The van der Waals surface area contributed by atoms with Gasteiger partial charge in [-0.25, -0.2) is 14.4 Å². The molecule has 0 spiro atoms. The molecule has 7 N–H and O–H groups in total. The summed E-state index contributed by atoms with van der Waals surface area (Å²) in [6, 6.07) is 8.86. The number of ketones is 1. The van der Waals surface area contributed by atoms with Crippen molar-refractivity contribution in [2.45, 2.75) is 0 Å². The Kier molecular flexibility index (Phi) is 8.41. The van der Waals surface area contributed by atoms with Gasteiger partial charge in [-0.05, 0) is 23.8 Å². The van der Waals surface area contributed by atoms with Gasteiger partial charge in [-0.2, -0.15) is 0 Å². The van der Waals surface area contributed by atoms with E-state index in [0.717, 1.165) is 18.5 Å². The van der Waals surface area contributed by atoms with E-state index in [2.05, 4.69) is 9.98 Å². The third kappa shape index (κ3) is 6.47. The molecule has 2 aromatic rings. The second-order valence-corrected chi connectivity index (χ2v) is 6.14. The number of nitrogens with zero attached hydrogens (tertiary/aromatic N) is 2. The quantitative estimate of drug-likeness (QED) is 0.149. The van der Waals surface area contributed by atoms with E-state index in [0.29, 0.717) is 11.3 Å². The molecule has 0 bridgehead atoms. The number of hydrogen-bond donors (Lipinski definition) is 4. The summed E-state index contributed by atoms with van der Waals surface area (Å²) in [7, 11) is 1.49. The first kappa shape index (κ1) is 23.2. The summed E-state index contributed by atoms with van der Waals surface area (Å²) < 4.78 is 24.3. The fourth-order valence-corrected chi connectivity index (χ4v) is 2.44. The second kappa shape index (κ2) is 11.2. The third-order valence-electron chi connectivity index (χ3n) is 4.01. The van der Waals surface area contributed by atoms with Crippen molar-refractivity contribution >= 4 is 41.2 Å². The maximum Gasteiger partial charge on any atom is 0.206 e. The predicted octanol–water partition coefficient (Wildman–Crippen LogP) is 2.02. The number of allylic oxidation sites excluding steroid dienone is 1. The van der Waals surface area contributed by atoms with Crippen molar-refractivity contribution in [3.8, 4) is 5.75 Å². The molecule has 0 aliphatic carbocycles. The fourth-order valence-electron chi connectivity index (χ4n) is 2.44. The molecule has 10 heteroatoms. The van der Waals surface area contributed by atoms with Gasteiger partial charge in [0.1, 0.15) is 18.7 Å². The number of aliphatic imine (C=N–C) groups is 2.